The van der Waals surface area contributed by atoms with Crippen LogP contribution in [0.4, 0.5) is 13.2 Å². The summed E-state index contributed by atoms with van der Waals surface area (Å²) in [6.07, 6.45) is 1.11. The van der Waals surface area contributed by atoms with E-state index in [-0.39, 0.29) is 5.82 Å². The van der Waals surface area contributed by atoms with Gasteiger partial charge in [0.1, 0.15) is 0 Å². The Morgan fingerprint density at radius 2 is 1.95 bits per heavy atom. The van der Waals surface area contributed by atoms with Crippen LogP contribution < -0.4 is 5.73 Å². The van der Waals surface area contributed by atoms with Crippen molar-refractivity contribution in [2.24, 2.45) is 17.6 Å². The smallest absolute Gasteiger partial charge is 0.329 e. The van der Waals surface area contributed by atoms with Crippen molar-refractivity contribution in [2.75, 3.05) is 0 Å². The summed E-state index contributed by atoms with van der Waals surface area (Å²) in [5.74, 6) is -0.116. The van der Waals surface area contributed by atoms with E-state index in [1.54, 1.807) is 0 Å². The molecule has 2 unspecified atom stereocenters. The molecule has 2 saturated carbocycles. The van der Waals surface area contributed by atoms with Gasteiger partial charge in [-0.25, -0.2) is 0 Å². The average molecular weight is 275 g/mol. The first-order chi connectivity index (χ1) is 8.88. The summed E-state index contributed by atoms with van der Waals surface area (Å²) in [7, 11) is 0. The molecule has 0 saturated heterocycles. The van der Waals surface area contributed by atoms with E-state index in [1.807, 2.05) is 0 Å². The van der Waals surface area contributed by atoms with E-state index in [1.165, 1.54) is 12.8 Å². The van der Waals surface area contributed by atoms with Crippen LogP contribution in [-0.2, 0) is 11.7 Å². The van der Waals surface area contributed by atoms with Gasteiger partial charge in [0.15, 0.2) is 5.82 Å². The van der Waals surface area contributed by atoms with E-state index in [0.717, 1.165) is 12.8 Å². The molecular weight excluding hydrogens is 259 g/mol. The van der Waals surface area contributed by atoms with Gasteiger partial charge in [0, 0.05) is 0 Å². The van der Waals surface area contributed by atoms with Crippen LogP contribution >= 0.6 is 0 Å². The molecule has 0 aliphatic heterocycles. The quantitative estimate of drug-likeness (QED) is 0.901. The van der Waals surface area contributed by atoms with Crippen LogP contribution in [0.5, 0.6) is 0 Å². The number of hydrogen-bond acceptors (Lipinski definition) is 4. The highest BCUT2D eigenvalue weighted by Crippen LogP contribution is 2.48. The molecule has 0 bridgehead atoms. The van der Waals surface area contributed by atoms with Crippen molar-refractivity contribution in [2.45, 2.75) is 50.2 Å². The molecule has 106 valence electrons. The normalized spacial score (nSPS) is 32.5. The molecule has 0 spiro atoms. The van der Waals surface area contributed by atoms with Gasteiger partial charge in [-0.2, -0.15) is 18.2 Å². The average Bonchev–Trinajstić information content (AvgIpc) is 3.03. The molecule has 7 heteroatoms. The topological polar surface area (TPSA) is 64.9 Å². The maximum Gasteiger partial charge on any atom is 0.471 e. The monoisotopic (exact) mass is 275 g/mol. The summed E-state index contributed by atoms with van der Waals surface area (Å²) in [6, 6.07) is 0. The largest absolute Gasteiger partial charge is 0.471 e. The van der Waals surface area contributed by atoms with Gasteiger partial charge in [-0.1, -0.05) is 18.0 Å². The summed E-state index contributed by atoms with van der Waals surface area (Å²) < 4.78 is 41.7. The predicted molar refractivity (Wildman–Crippen MR) is 59.8 cm³/mol. The Hall–Kier alpha value is -1.11. The predicted octanol–water partition coefficient (Wildman–Crippen LogP) is 2.84. The lowest BCUT2D eigenvalue weighted by atomic mass is 9.74. The SMILES string of the molecule is NC1(c2noc(C(F)(F)F)n2)CCCC(C2CC2)C1. The van der Waals surface area contributed by atoms with Crippen LogP contribution in [0.2, 0.25) is 0 Å². The molecule has 19 heavy (non-hydrogen) atoms. The molecule has 2 fully saturated rings. The van der Waals surface area contributed by atoms with Gasteiger partial charge in [0.25, 0.3) is 0 Å². The third-order valence-electron chi connectivity index (χ3n) is 4.23. The second kappa shape index (κ2) is 4.19. The van der Waals surface area contributed by atoms with Crippen molar-refractivity contribution < 1.29 is 17.7 Å². The van der Waals surface area contributed by atoms with Crippen LogP contribution in [0.1, 0.15) is 50.2 Å². The molecule has 1 heterocycles. The Kier molecular flexibility index (Phi) is 2.85. The lowest BCUT2D eigenvalue weighted by molar-refractivity contribution is -0.159. The summed E-state index contributed by atoms with van der Waals surface area (Å²) >= 11 is 0. The van der Waals surface area contributed by atoms with Gasteiger partial charge in [-0.3, -0.25) is 0 Å². The highest BCUT2D eigenvalue weighted by Gasteiger charge is 2.45. The van der Waals surface area contributed by atoms with Crippen molar-refractivity contribution in [1.82, 2.24) is 10.1 Å². The third-order valence-corrected chi connectivity index (χ3v) is 4.23. The minimum absolute atomic E-state index is 0.00479. The molecule has 3 rings (SSSR count). The molecule has 2 aliphatic carbocycles. The van der Waals surface area contributed by atoms with Crippen molar-refractivity contribution in [3.05, 3.63) is 11.7 Å². The number of aromatic nitrogens is 2. The van der Waals surface area contributed by atoms with Gasteiger partial charge in [-0.15, -0.1) is 0 Å². The first kappa shape index (κ1) is 12.9. The Morgan fingerprint density at radius 3 is 2.53 bits per heavy atom. The highest BCUT2D eigenvalue weighted by atomic mass is 19.4. The first-order valence-corrected chi connectivity index (χ1v) is 6.59. The van der Waals surface area contributed by atoms with Crippen LogP contribution in [0, 0.1) is 11.8 Å². The van der Waals surface area contributed by atoms with E-state index in [0.29, 0.717) is 24.7 Å². The molecule has 0 aromatic carbocycles. The number of alkyl halides is 3. The fourth-order valence-electron chi connectivity index (χ4n) is 3.07. The second-order valence-corrected chi connectivity index (χ2v) is 5.77. The minimum atomic E-state index is -4.60. The molecule has 2 aliphatic rings. The summed E-state index contributed by atoms with van der Waals surface area (Å²) in [6.45, 7) is 0. The molecular formula is C12H16F3N3O. The number of hydrogen-bond donors (Lipinski definition) is 1. The Labute approximate surface area is 108 Å². The highest BCUT2D eigenvalue weighted by molar-refractivity contribution is 5.08. The van der Waals surface area contributed by atoms with Gasteiger partial charge >= 0.3 is 12.1 Å². The van der Waals surface area contributed by atoms with Crippen molar-refractivity contribution >= 4 is 0 Å². The summed E-state index contributed by atoms with van der Waals surface area (Å²) in [4.78, 5) is 3.46. The number of halogens is 3. The third kappa shape index (κ3) is 2.48. The molecule has 0 amide bonds. The molecule has 4 nitrogen and oxygen atoms in total. The molecule has 2 N–H and O–H groups in total. The molecule has 2 atom stereocenters. The van der Waals surface area contributed by atoms with Gasteiger partial charge in [0.2, 0.25) is 0 Å². The Bertz CT molecular complexity index is 469. The molecule has 1 aromatic heterocycles. The number of rotatable bonds is 2. The van der Waals surface area contributed by atoms with Crippen LogP contribution in [0.25, 0.3) is 0 Å². The van der Waals surface area contributed by atoms with Crippen molar-refractivity contribution in [1.29, 1.82) is 0 Å². The van der Waals surface area contributed by atoms with Crippen molar-refractivity contribution in [3.8, 4) is 0 Å². The summed E-state index contributed by atoms with van der Waals surface area (Å²) in [5, 5.41) is 3.46. The van der Waals surface area contributed by atoms with E-state index >= 15 is 0 Å². The van der Waals surface area contributed by atoms with Gasteiger partial charge in [0.05, 0.1) is 5.54 Å². The van der Waals surface area contributed by atoms with E-state index in [9.17, 15) is 13.2 Å². The fraction of sp³-hybridized carbons (Fsp3) is 0.833. The van der Waals surface area contributed by atoms with Crippen molar-refractivity contribution in [3.63, 3.8) is 0 Å². The zero-order chi connectivity index (χ0) is 13.7. The number of nitrogens with two attached hydrogens (primary N) is 1. The minimum Gasteiger partial charge on any atom is -0.329 e. The second-order valence-electron chi connectivity index (χ2n) is 5.77. The zero-order valence-corrected chi connectivity index (χ0v) is 10.4. The van der Waals surface area contributed by atoms with Gasteiger partial charge < -0.3 is 10.3 Å². The standard InChI is InChI=1S/C12H16F3N3O/c13-12(14,15)10-17-9(18-19-10)11(16)5-1-2-8(6-11)7-3-4-7/h7-8H,1-6,16H2. The van der Waals surface area contributed by atoms with Crippen LogP contribution in [0.15, 0.2) is 4.52 Å². The van der Waals surface area contributed by atoms with E-state index in [2.05, 4.69) is 14.7 Å². The Morgan fingerprint density at radius 1 is 1.21 bits per heavy atom. The first-order valence-electron chi connectivity index (χ1n) is 6.59. The molecule has 0 radical (unpaired) electrons. The van der Waals surface area contributed by atoms with E-state index < -0.39 is 17.6 Å². The van der Waals surface area contributed by atoms with Crippen LogP contribution in [-0.4, -0.2) is 10.1 Å². The maximum atomic E-state index is 12.5. The fourth-order valence-corrected chi connectivity index (χ4v) is 3.07. The maximum absolute atomic E-state index is 12.5. The molecule has 1 aromatic rings. The lowest BCUT2D eigenvalue weighted by Gasteiger charge is -2.35. The lowest BCUT2D eigenvalue weighted by Crippen LogP contribution is -2.43. The van der Waals surface area contributed by atoms with E-state index in [4.69, 9.17) is 5.73 Å². The zero-order valence-electron chi connectivity index (χ0n) is 10.4. The van der Waals surface area contributed by atoms with Crippen LogP contribution in [0.3, 0.4) is 0 Å². The summed E-state index contributed by atoms with van der Waals surface area (Å²) in [5.41, 5.74) is 5.38. The van der Waals surface area contributed by atoms with Gasteiger partial charge in [-0.05, 0) is 37.5 Å². The Balaban J connectivity index is 1.81. The number of nitrogens with zero attached hydrogens (tertiary/aromatic N) is 2.